The fourth-order valence-corrected chi connectivity index (χ4v) is 3.55. The SMILES string of the molecule is CCC[C@H](C)Oc1nc(N)c2c(n1)N(CCCCN[C@@H]1CCOC1)C(=O)C2. The van der Waals surface area contributed by atoms with Gasteiger partial charge < -0.3 is 20.5 Å². The van der Waals surface area contributed by atoms with Crippen LogP contribution in [0, 0.1) is 0 Å². The lowest BCUT2D eigenvalue weighted by atomic mass is 10.2. The second kappa shape index (κ2) is 9.32. The zero-order chi connectivity index (χ0) is 19.2. The normalized spacial score (nSPS) is 20.1. The van der Waals surface area contributed by atoms with Crippen LogP contribution >= 0.6 is 0 Å². The molecule has 150 valence electrons. The molecule has 2 aliphatic rings. The number of carbonyl (C=O) groups is 1. The first-order chi connectivity index (χ1) is 13.1. The summed E-state index contributed by atoms with van der Waals surface area (Å²) >= 11 is 0. The Labute approximate surface area is 160 Å². The van der Waals surface area contributed by atoms with Crippen molar-refractivity contribution in [2.24, 2.45) is 0 Å². The average molecular weight is 377 g/mol. The van der Waals surface area contributed by atoms with Crippen molar-refractivity contribution in [1.82, 2.24) is 15.3 Å². The summed E-state index contributed by atoms with van der Waals surface area (Å²) in [6, 6.07) is 0.728. The van der Waals surface area contributed by atoms with Gasteiger partial charge in [0.25, 0.3) is 0 Å². The minimum absolute atomic E-state index is 0.0173. The molecular weight excluding hydrogens is 346 g/mol. The topological polar surface area (TPSA) is 103 Å². The number of amides is 1. The van der Waals surface area contributed by atoms with Gasteiger partial charge in [0, 0.05) is 24.8 Å². The maximum atomic E-state index is 12.4. The third kappa shape index (κ3) is 5.07. The highest BCUT2D eigenvalue weighted by atomic mass is 16.5. The fourth-order valence-electron chi connectivity index (χ4n) is 3.55. The van der Waals surface area contributed by atoms with Gasteiger partial charge in [0.05, 0.1) is 19.1 Å². The lowest BCUT2D eigenvalue weighted by Gasteiger charge is -2.18. The van der Waals surface area contributed by atoms with Gasteiger partial charge in [-0.1, -0.05) is 13.3 Å². The number of nitrogens with one attached hydrogen (secondary N) is 1. The molecule has 8 nitrogen and oxygen atoms in total. The lowest BCUT2D eigenvalue weighted by molar-refractivity contribution is -0.117. The molecule has 1 amide bonds. The molecule has 8 heteroatoms. The molecule has 0 spiro atoms. The van der Waals surface area contributed by atoms with Gasteiger partial charge in [0.1, 0.15) is 11.6 Å². The van der Waals surface area contributed by atoms with E-state index >= 15 is 0 Å². The molecule has 1 saturated heterocycles. The van der Waals surface area contributed by atoms with Gasteiger partial charge in [-0.2, -0.15) is 9.97 Å². The first-order valence-electron chi connectivity index (χ1n) is 10.0. The largest absolute Gasteiger partial charge is 0.460 e. The molecule has 0 unspecified atom stereocenters. The monoisotopic (exact) mass is 377 g/mol. The van der Waals surface area contributed by atoms with E-state index in [9.17, 15) is 4.79 Å². The smallest absolute Gasteiger partial charge is 0.320 e. The predicted molar refractivity (Wildman–Crippen MR) is 104 cm³/mol. The van der Waals surface area contributed by atoms with E-state index in [2.05, 4.69) is 22.2 Å². The number of nitrogens with zero attached hydrogens (tertiary/aromatic N) is 3. The van der Waals surface area contributed by atoms with Crippen LogP contribution in [0.25, 0.3) is 0 Å². The molecule has 27 heavy (non-hydrogen) atoms. The molecule has 1 aromatic rings. The van der Waals surface area contributed by atoms with Crippen LogP contribution in [0.1, 0.15) is 51.5 Å². The molecule has 0 saturated carbocycles. The van der Waals surface area contributed by atoms with Crippen LogP contribution in [0.15, 0.2) is 0 Å². The van der Waals surface area contributed by atoms with Gasteiger partial charge in [0.15, 0.2) is 0 Å². The summed E-state index contributed by atoms with van der Waals surface area (Å²) in [5.74, 6) is 0.989. The van der Waals surface area contributed by atoms with E-state index < -0.39 is 0 Å². The molecule has 0 bridgehead atoms. The molecular formula is C19H31N5O3. The van der Waals surface area contributed by atoms with Crippen molar-refractivity contribution >= 4 is 17.5 Å². The number of aromatic nitrogens is 2. The number of nitrogen functional groups attached to an aromatic ring is 1. The van der Waals surface area contributed by atoms with E-state index in [-0.39, 0.29) is 24.4 Å². The predicted octanol–water partition coefficient (Wildman–Crippen LogP) is 1.67. The highest BCUT2D eigenvalue weighted by molar-refractivity contribution is 6.01. The van der Waals surface area contributed by atoms with E-state index in [1.165, 1.54) is 0 Å². The summed E-state index contributed by atoms with van der Waals surface area (Å²) in [5.41, 5.74) is 6.78. The van der Waals surface area contributed by atoms with E-state index in [0.29, 0.717) is 24.2 Å². The van der Waals surface area contributed by atoms with Crippen LogP contribution in [-0.4, -0.2) is 54.3 Å². The fraction of sp³-hybridized carbons (Fsp3) is 0.737. The summed E-state index contributed by atoms with van der Waals surface area (Å²) in [4.78, 5) is 22.9. The summed E-state index contributed by atoms with van der Waals surface area (Å²) in [6.07, 6.45) is 5.20. The van der Waals surface area contributed by atoms with Crippen molar-refractivity contribution in [3.05, 3.63) is 5.56 Å². The van der Waals surface area contributed by atoms with E-state index in [4.69, 9.17) is 15.2 Å². The first-order valence-corrected chi connectivity index (χ1v) is 10.0. The summed E-state index contributed by atoms with van der Waals surface area (Å²) in [7, 11) is 0. The Bertz CT molecular complexity index is 648. The summed E-state index contributed by atoms with van der Waals surface area (Å²) in [5, 5.41) is 3.50. The van der Waals surface area contributed by atoms with Crippen LogP contribution in [0.2, 0.25) is 0 Å². The number of unbranched alkanes of at least 4 members (excludes halogenated alkanes) is 1. The highest BCUT2D eigenvalue weighted by Crippen LogP contribution is 2.32. The Morgan fingerprint density at radius 2 is 2.26 bits per heavy atom. The Morgan fingerprint density at radius 1 is 1.41 bits per heavy atom. The number of anilines is 2. The maximum absolute atomic E-state index is 12.4. The quantitative estimate of drug-likeness (QED) is 0.598. The number of fused-ring (bicyclic) bond motifs is 1. The van der Waals surface area contributed by atoms with Gasteiger partial charge in [0.2, 0.25) is 5.91 Å². The third-order valence-electron chi connectivity index (χ3n) is 5.05. The van der Waals surface area contributed by atoms with Gasteiger partial charge in [-0.15, -0.1) is 0 Å². The van der Waals surface area contributed by atoms with Gasteiger partial charge in [-0.05, 0) is 39.2 Å². The zero-order valence-corrected chi connectivity index (χ0v) is 16.4. The van der Waals surface area contributed by atoms with Crippen molar-refractivity contribution in [2.45, 2.75) is 64.5 Å². The zero-order valence-electron chi connectivity index (χ0n) is 16.4. The van der Waals surface area contributed by atoms with Crippen LogP contribution < -0.4 is 20.7 Å². The number of hydrogen-bond donors (Lipinski definition) is 2. The van der Waals surface area contributed by atoms with E-state index in [0.717, 1.165) is 57.4 Å². The number of carbonyl (C=O) groups excluding carboxylic acids is 1. The first kappa shape index (κ1) is 19.8. The Kier molecular flexibility index (Phi) is 6.84. The Hall–Kier alpha value is -1.93. The molecule has 2 aliphatic heterocycles. The minimum Gasteiger partial charge on any atom is -0.460 e. The van der Waals surface area contributed by atoms with Crippen molar-refractivity contribution in [3.63, 3.8) is 0 Å². The molecule has 3 rings (SSSR count). The van der Waals surface area contributed by atoms with E-state index in [1.54, 1.807) is 4.90 Å². The third-order valence-corrected chi connectivity index (χ3v) is 5.05. The minimum atomic E-state index is 0.0173. The van der Waals surface area contributed by atoms with Crippen molar-refractivity contribution in [1.29, 1.82) is 0 Å². The number of nitrogens with two attached hydrogens (primary N) is 1. The summed E-state index contributed by atoms with van der Waals surface area (Å²) in [6.45, 7) is 7.30. The van der Waals surface area contributed by atoms with Crippen LogP contribution in [0.4, 0.5) is 11.6 Å². The molecule has 3 heterocycles. The Morgan fingerprint density at radius 3 is 3.00 bits per heavy atom. The van der Waals surface area contributed by atoms with Crippen LogP contribution in [-0.2, 0) is 16.0 Å². The molecule has 0 aromatic carbocycles. The number of ether oxygens (including phenoxy) is 2. The van der Waals surface area contributed by atoms with Crippen LogP contribution in [0.5, 0.6) is 6.01 Å². The molecule has 3 N–H and O–H groups in total. The summed E-state index contributed by atoms with van der Waals surface area (Å²) < 4.78 is 11.1. The molecule has 2 atom stereocenters. The molecule has 0 aliphatic carbocycles. The van der Waals surface area contributed by atoms with Gasteiger partial charge in [-0.3, -0.25) is 9.69 Å². The number of rotatable bonds is 10. The molecule has 0 radical (unpaired) electrons. The molecule has 1 fully saturated rings. The standard InChI is InChI=1S/C19H31N5O3/c1-3-6-13(2)27-19-22-17(20)15-11-16(25)24(18(15)23-19)9-5-4-8-21-14-7-10-26-12-14/h13-14,21H,3-12H2,1-2H3,(H2,20,22,23)/t13-,14+/m0/s1. The second-order valence-electron chi connectivity index (χ2n) is 7.35. The van der Waals surface area contributed by atoms with Crippen molar-refractivity contribution in [2.75, 3.05) is 36.9 Å². The average Bonchev–Trinajstić information content (AvgIpc) is 3.24. The van der Waals surface area contributed by atoms with Crippen molar-refractivity contribution in [3.8, 4) is 6.01 Å². The van der Waals surface area contributed by atoms with Gasteiger partial charge >= 0.3 is 6.01 Å². The highest BCUT2D eigenvalue weighted by Gasteiger charge is 2.32. The van der Waals surface area contributed by atoms with Gasteiger partial charge in [-0.25, -0.2) is 0 Å². The van der Waals surface area contributed by atoms with Crippen LogP contribution in [0.3, 0.4) is 0 Å². The second-order valence-corrected chi connectivity index (χ2v) is 7.35. The lowest BCUT2D eigenvalue weighted by Crippen LogP contribution is -2.32. The van der Waals surface area contributed by atoms with E-state index in [1.807, 2.05) is 6.92 Å². The number of hydrogen-bond acceptors (Lipinski definition) is 7. The molecule has 1 aromatic heterocycles. The maximum Gasteiger partial charge on any atom is 0.320 e. The Balaban J connectivity index is 1.55. The van der Waals surface area contributed by atoms with Crippen molar-refractivity contribution < 1.29 is 14.3 Å².